The second-order valence-electron chi connectivity index (χ2n) is 4.42. The van der Waals surface area contributed by atoms with Crippen LogP contribution in [0, 0.1) is 5.92 Å². The van der Waals surface area contributed by atoms with Crippen molar-refractivity contribution in [2.24, 2.45) is 5.92 Å². The number of carbonyl (C=O) groups is 1. The van der Waals surface area contributed by atoms with Gasteiger partial charge >= 0.3 is 0 Å². The zero-order chi connectivity index (χ0) is 14.1. The van der Waals surface area contributed by atoms with Crippen LogP contribution < -0.4 is 10.1 Å². The van der Waals surface area contributed by atoms with E-state index in [9.17, 15) is 4.79 Å². The molecular weight excluding hydrogens is 306 g/mol. The van der Waals surface area contributed by atoms with Crippen LogP contribution in [0.3, 0.4) is 0 Å². The van der Waals surface area contributed by atoms with Crippen molar-refractivity contribution in [3.8, 4) is 5.75 Å². The van der Waals surface area contributed by atoms with Gasteiger partial charge in [-0.25, -0.2) is 0 Å². The molecule has 1 amide bonds. The van der Waals surface area contributed by atoms with Gasteiger partial charge in [-0.3, -0.25) is 4.79 Å². The van der Waals surface area contributed by atoms with Gasteiger partial charge in [0.25, 0.3) is 5.91 Å². The van der Waals surface area contributed by atoms with E-state index in [0.717, 1.165) is 30.5 Å². The molecular formula is C15H22BrNO2. The highest BCUT2D eigenvalue weighted by molar-refractivity contribution is 9.09. The predicted octanol–water partition coefficient (Wildman–Crippen LogP) is 3.63. The van der Waals surface area contributed by atoms with Crippen LogP contribution in [0.2, 0.25) is 0 Å². The number of benzene rings is 1. The summed E-state index contributed by atoms with van der Waals surface area (Å²) in [6.07, 6.45) is 2.16. The third kappa shape index (κ3) is 5.64. The second-order valence-corrected chi connectivity index (χ2v) is 5.21. The van der Waals surface area contributed by atoms with Gasteiger partial charge in [0.2, 0.25) is 0 Å². The number of nitrogens with one attached hydrogen (secondary N) is 1. The topological polar surface area (TPSA) is 38.3 Å². The van der Waals surface area contributed by atoms with E-state index in [1.54, 1.807) is 12.1 Å². The molecule has 1 atom stereocenters. The first-order chi connectivity index (χ1) is 9.21. The molecule has 1 rings (SSSR count). The van der Waals surface area contributed by atoms with Crippen LogP contribution in [-0.2, 0) is 0 Å². The van der Waals surface area contributed by atoms with Gasteiger partial charge in [-0.15, -0.1) is 0 Å². The van der Waals surface area contributed by atoms with Crippen LogP contribution in [0.5, 0.6) is 5.75 Å². The van der Waals surface area contributed by atoms with Gasteiger partial charge in [0.05, 0.1) is 6.61 Å². The Morgan fingerprint density at radius 1 is 1.32 bits per heavy atom. The molecule has 0 saturated carbocycles. The van der Waals surface area contributed by atoms with E-state index in [1.165, 1.54) is 0 Å². The summed E-state index contributed by atoms with van der Waals surface area (Å²) in [5.74, 6) is 1.31. The van der Waals surface area contributed by atoms with E-state index in [-0.39, 0.29) is 5.91 Å². The fraction of sp³-hybridized carbons (Fsp3) is 0.533. The van der Waals surface area contributed by atoms with Crippen LogP contribution in [0.15, 0.2) is 24.3 Å². The Morgan fingerprint density at radius 3 is 2.53 bits per heavy atom. The number of hydrogen-bond acceptors (Lipinski definition) is 2. The number of carbonyl (C=O) groups excluding carboxylic acids is 1. The Balaban J connectivity index is 2.48. The lowest BCUT2D eigenvalue weighted by molar-refractivity contribution is 0.0946. The molecule has 0 radical (unpaired) electrons. The van der Waals surface area contributed by atoms with Crippen molar-refractivity contribution in [3.63, 3.8) is 0 Å². The largest absolute Gasteiger partial charge is 0.494 e. The maximum Gasteiger partial charge on any atom is 0.251 e. The molecule has 0 aliphatic heterocycles. The van der Waals surface area contributed by atoms with Crippen LogP contribution >= 0.6 is 15.9 Å². The first-order valence-corrected chi connectivity index (χ1v) is 7.90. The number of hydrogen-bond donors (Lipinski definition) is 1. The van der Waals surface area contributed by atoms with Crippen LogP contribution in [0.4, 0.5) is 0 Å². The molecule has 19 heavy (non-hydrogen) atoms. The SMILES string of the molecule is CCOc1ccc(C(=O)NCC(CC)CCBr)cc1. The van der Waals surface area contributed by atoms with E-state index in [4.69, 9.17) is 4.74 Å². The van der Waals surface area contributed by atoms with E-state index < -0.39 is 0 Å². The van der Waals surface area contributed by atoms with Crippen molar-refractivity contribution in [1.29, 1.82) is 0 Å². The maximum absolute atomic E-state index is 12.0. The summed E-state index contributed by atoms with van der Waals surface area (Å²) in [6.45, 7) is 5.45. The summed E-state index contributed by atoms with van der Waals surface area (Å²) in [5.41, 5.74) is 0.678. The van der Waals surface area contributed by atoms with Crippen LogP contribution in [-0.4, -0.2) is 24.4 Å². The molecule has 1 aromatic rings. The van der Waals surface area contributed by atoms with Gasteiger partial charge in [0.1, 0.15) is 5.75 Å². The Kier molecular flexibility index (Phi) is 7.56. The molecule has 0 aliphatic rings. The average Bonchev–Trinajstić information content (AvgIpc) is 2.44. The minimum Gasteiger partial charge on any atom is -0.494 e. The Labute approximate surface area is 123 Å². The summed E-state index contributed by atoms with van der Waals surface area (Å²) in [5, 5.41) is 3.96. The Morgan fingerprint density at radius 2 is 2.00 bits per heavy atom. The molecule has 4 heteroatoms. The van der Waals surface area contributed by atoms with Gasteiger partial charge in [0, 0.05) is 17.4 Å². The minimum atomic E-state index is -0.0175. The zero-order valence-corrected chi connectivity index (χ0v) is 13.2. The smallest absolute Gasteiger partial charge is 0.251 e. The number of alkyl halides is 1. The normalized spacial score (nSPS) is 11.9. The van der Waals surface area contributed by atoms with Gasteiger partial charge in [-0.1, -0.05) is 29.3 Å². The summed E-state index contributed by atoms with van der Waals surface area (Å²) in [7, 11) is 0. The highest BCUT2D eigenvalue weighted by Crippen LogP contribution is 2.13. The summed E-state index contributed by atoms with van der Waals surface area (Å²) < 4.78 is 5.35. The lowest BCUT2D eigenvalue weighted by Crippen LogP contribution is -2.29. The molecule has 0 aromatic heterocycles. The van der Waals surface area contributed by atoms with Crippen molar-refractivity contribution in [1.82, 2.24) is 5.32 Å². The van der Waals surface area contributed by atoms with Crippen molar-refractivity contribution in [2.75, 3.05) is 18.5 Å². The fourth-order valence-electron chi connectivity index (χ4n) is 1.81. The van der Waals surface area contributed by atoms with Crippen molar-refractivity contribution >= 4 is 21.8 Å². The maximum atomic E-state index is 12.0. The molecule has 106 valence electrons. The third-order valence-electron chi connectivity index (χ3n) is 3.07. The Hall–Kier alpha value is -1.03. The monoisotopic (exact) mass is 327 g/mol. The third-order valence-corrected chi connectivity index (χ3v) is 3.53. The molecule has 0 aliphatic carbocycles. The molecule has 0 saturated heterocycles. The summed E-state index contributed by atoms with van der Waals surface area (Å²) in [4.78, 5) is 12.0. The van der Waals surface area contributed by atoms with Gasteiger partial charge in [-0.05, 0) is 43.5 Å². The number of amides is 1. The van der Waals surface area contributed by atoms with E-state index in [1.807, 2.05) is 19.1 Å². The van der Waals surface area contributed by atoms with Crippen molar-refractivity contribution < 1.29 is 9.53 Å². The zero-order valence-electron chi connectivity index (χ0n) is 11.6. The minimum absolute atomic E-state index is 0.0175. The molecule has 0 spiro atoms. The summed E-state index contributed by atoms with van der Waals surface area (Å²) >= 11 is 3.44. The number of rotatable bonds is 8. The predicted molar refractivity (Wildman–Crippen MR) is 82.1 cm³/mol. The fourth-order valence-corrected chi connectivity index (χ4v) is 2.46. The van der Waals surface area contributed by atoms with Gasteiger partial charge in [-0.2, -0.15) is 0 Å². The lowest BCUT2D eigenvalue weighted by atomic mass is 10.0. The first kappa shape index (κ1) is 16.0. The molecule has 0 heterocycles. The molecule has 1 aromatic carbocycles. The van der Waals surface area contributed by atoms with E-state index in [0.29, 0.717) is 18.1 Å². The number of halogens is 1. The standard InChI is InChI=1S/C15H22BrNO2/c1-3-12(9-10-16)11-17-15(18)13-5-7-14(8-6-13)19-4-2/h5-8,12H,3-4,9-11H2,1-2H3,(H,17,18). The second kappa shape index (κ2) is 8.97. The summed E-state index contributed by atoms with van der Waals surface area (Å²) in [6, 6.07) is 7.25. The molecule has 0 fully saturated rings. The number of ether oxygens (including phenoxy) is 1. The average molecular weight is 328 g/mol. The molecule has 0 bridgehead atoms. The van der Waals surface area contributed by atoms with Crippen molar-refractivity contribution in [3.05, 3.63) is 29.8 Å². The van der Waals surface area contributed by atoms with Gasteiger partial charge in [0.15, 0.2) is 0 Å². The molecule has 1 N–H and O–H groups in total. The first-order valence-electron chi connectivity index (χ1n) is 6.78. The van der Waals surface area contributed by atoms with Crippen molar-refractivity contribution in [2.45, 2.75) is 26.7 Å². The lowest BCUT2D eigenvalue weighted by Gasteiger charge is -2.14. The van der Waals surface area contributed by atoms with E-state index >= 15 is 0 Å². The highest BCUT2D eigenvalue weighted by Gasteiger charge is 2.09. The quantitative estimate of drug-likeness (QED) is 0.740. The van der Waals surface area contributed by atoms with Crippen LogP contribution in [0.25, 0.3) is 0 Å². The van der Waals surface area contributed by atoms with Crippen LogP contribution in [0.1, 0.15) is 37.0 Å². The Bertz CT molecular complexity index is 378. The molecule has 3 nitrogen and oxygen atoms in total. The van der Waals surface area contributed by atoms with Gasteiger partial charge < -0.3 is 10.1 Å². The molecule has 1 unspecified atom stereocenters. The van der Waals surface area contributed by atoms with E-state index in [2.05, 4.69) is 28.2 Å². The highest BCUT2D eigenvalue weighted by atomic mass is 79.9.